The van der Waals surface area contributed by atoms with E-state index in [-0.39, 0.29) is 0 Å². The zero-order chi connectivity index (χ0) is 9.10. The van der Waals surface area contributed by atoms with Gasteiger partial charge in [0.15, 0.2) is 0 Å². The lowest BCUT2D eigenvalue weighted by Gasteiger charge is -1.96. The molecule has 0 spiro atoms. The summed E-state index contributed by atoms with van der Waals surface area (Å²) in [6.45, 7) is 2.10. The van der Waals surface area contributed by atoms with E-state index < -0.39 is 0 Å². The first kappa shape index (κ1) is 7.98. The first-order valence-electron chi connectivity index (χ1n) is 4.25. The molecule has 0 radical (unpaired) electrons. The van der Waals surface area contributed by atoms with Crippen LogP contribution in [0.3, 0.4) is 0 Å². The van der Waals surface area contributed by atoms with Crippen LogP contribution >= 0.6 is 0 Å². The van der Waals surface area contributed by atoms with Gasteiger partial charge in [0.2, 0.25) is 5.89 Å². The molecule has 0 fully saturated rings. The maximum Gasteiger partial charge on any atom is 0.244 e. The first-order chi connectivity index (χ1) is 6.40. The Bertz CT molecular complexity index is 364. The molecule has 0 unspecified atom stereocenters. The molecule has 2 rings (SSSR count). The van der Waals surface area contributed by atoms with Crippen molar-refractivity contribution in [3.05, 3.63) is 36.4 Å². The number of pyridine rings is 1. The Hall–Kier alpha value is -1.64. The molecule has 2 aromatic rings. The molecule has 0 saturated carbocycles. The van der Waals surface area contributed by atoms with Crippen LogP contribution in [-0.4, -0.2) is 9.97 Å². The van der Waals surface area contributed by atoms with Gasteiger partial charge in [-0.1, -0.05) is 13.0 Å². The van der Waals surface area contributed by atoms with Gasteiger partial charge in [0.05, 0.1) is 6.20 Å². The number of oxazole rings is 1. The zero-order valence-corrected chi connectivity index (χ0v) is 7.40. The van der Waals surface area contributed by atoms with E-state index in [0.29, 0.717) is 5.89 Å². The summed E-state index contributed by atoms with van der Waals surface area (Å²) in [6.07, 6.45) is 6.01. The highest BCUT2D eigenvalue weighted by molar-refractivity contribution is 5.46. The van der Waals surface area contributed by atoms with Crippen LogP contribution in [0.1, 0.15) is 12.5 Å². The van der Waals surface area contributed by atoms with Gasteiger partial charge < -0.3 is 4.42 Å². The van der Waals surface area contributed by atoms with Gasteiger partial charge in [-0.2, -0.15) is 0 Å². The second-order valence-corrected chi connectivity index (χ2v) is 2.74. The SMILES string of the molecule is CCc1ccc(-c2ncco2)nc1. The van der Waals surface area contributed by atoms with E-state index in [4.69, 9.17) is 4.42 Å². The molecule has 0 N–H and O–H groups in total. The van der Waals surface area contributed by atoms with Gasteiger partial charge in [-0.05, 0) is 18.1 Å². The highest BCUT2D eigenvalue weighted by Gasteiger charge is 2.02. The van der Waals surface area contributed by atoms with Gasteiger partial charge in [0.25, 0.3) is 0 Å². The topological polar surface area (TPSA) is 38.9 Å². The normalized spacial score (nSPS) is 10.2. The Morgan fingerprint density at radius 2 is 2.23 bits per heavy atom. The third-order valence-electron chi connectivity index (χ3n) is 1.88. The van der Waals surface area contributed by atoms with Crippen LogP contribution in [0.15, 0.2) is 35.2 Å². The maximum absolute atomic E-state index is 5.12. The smallest absolute Gasteiger partial charge is 0.244 e. The second kappa shape index (κ2) is 3.39. The summed E-state index contributed by atoms with van der Waals surface area (Å²) in [6, 6.07) is 3.96. The van der Waals surface area contributed by atoms with Gasteiger partial charge in [-0.15, -0.1) is 0 Å². The third-order valence-corrected chi connectivity index (χ3v) is 1.88. The minimum absolute atomic E-state index is 0.572. The third kappa shape index (κ3) is 1.59. The molecule has 0 aromatic carbocycles. The zero-order valence-electron chi connectivity index (χ0n) is 7.40. The van der Waals surface area contributed by atoms with Crippen molar-refractivity contribution >= 4 is 0 Å². The minimum Gasteiger partial charge on any atom is -0.443 e. The summed E-state index contributed by atoms with van der Waals surface area (Å²) < 4.78 is 5.12. The fraction of sp³-hybridized carbons (Fsp3) is 0.200. The fourth-order valence-corrected chi connectivity index (χ4v) is 1.11. The van der Waals surface area contributed by atoms with Gasteiger partial charge in [0.1, 0.15) is 12.0 Å². The first-order valence-corrected chi connectivity index (χ1v) is 4.25. The molecule has 2 heterocycles. The average Bonchev–Trinajstić information content (AvgIpc) is 2.71. The van der Waals surface area contributed by atoms with E-state index in [1.807, 2.05) is 18.3 Å². The van der Waals surface area contributed by atoms with Crippen LogP contribution in [0.25, 0.3) is 11.6 Å². The number of aromatic nitrogens is 2. The molecule has 0 atom stereocenters. The number of rotatable bonds is 2. The largest absolute Gasteiger partial charge is 0.443 e. The molecule has 0 aliphatic rings. The molecule has 0 saturated heterocycles. The standard InChI is InChI=1S/C10H10N2O/c1-2-8-3-4-9(12-7-8)10-11-5-6-13-10/h3-7H,2H2,1H3. The van der Waals surface area contributed by atoms with Crippen LogP contribution in [0.4, 0.5) is 0 Å². The van der Waals surface area contributed by atoms with E-state index in [1.54, 1.807) is 12.5 Å². The molecule has 66 valence electrons. The Labute approximate surface area is 76.5 Å². The molecule has 13 heavy (non-hydrogen) atoms. The van der Waals surface area contributed by atoms with Gasteiger partial charge in [0, 0.05) is 6.20 Å². The van der Waals surface area contributed by atoms with Crippen LogP contribution in [-0.2, 0) is 6.42 Å². The molecule has 0 bridgehead atoms. The predicted molar refractivity (Wildman–Crippen MR) is 49.1 cm³/mol. The number of nitrogens with zero attached hydrogens (tertiary/aromatic N) is 2. The van der Waals surface area contributed by atoms with Gasteiger partial charge >= 0.3 is 0 Å². The van der Waals surface area contributed by atoms with Crippen molar-refractivity contribution in [1.82, 2.24) is 9.97 Å². The quantitative estimate of drug-likeness (QED) is 0.701. The molecule has 3 nitrogen and oxygen atoms in total. The molecule has 3 heteroatoms. The molecule has 0 aliphatic heterocycles. The fourth-order valence-electron chi connectivity index (χ4n) is 1.11. The summed E-state index contributed by atoms with van der Waals surface area (Å²) >= 11 is 0. The maximum atomic E-state index is 5.12. The van der Waals surface area contributed by atoms with Crippen molar-refractivity contribution in [2.75, 3.05) is 0 Å². The van der Waals surface area contributed by atoms with Crippen LogP contribution in [0.2, 0.25) is 0 Å². The lowest BCUT2D eigenvalue weighted by atomic mass is 10.2. The summed E-state index contributed by atoms with van der Waals surface area (Å²) in [5, 5.41) is 0. The van der Waals surface area contributed by atoms with Crippen molar-refractivity contribution in [3.63, 3.8) is 0 Å². The lowest BCUT2D eigenvalue weighted by molar-refractivity contribution is 0.572. The monoisotopic (exact) mass is 174 g/mol. The summed E-state index contributed by atoms with van der Waals surface area (Å²) in [5.74, 6) is 0.572. The van der Waals surface area contributed by atoms with Crippen LogP contribution in [0, 0.1) is 0 Å². The Kier molecular flexibility index (Phi) is 2.08. The Morgan fingerprint density at radius 3 is 2.77 bits per heavy atom. The second-order valence-electron chi connectivity index (χ2n) is 2.74. The van der Waals surface area contributed by atoms with Crippen molar-refractivity contribution in [1.29, 1.82) is 0 Å². The Morgan fingerprint density at radius 1 is 1.31 bits per heavy atom. The van der Waals surface area contributed by atoms with Crippen LogP contribution < -0.4 is 0 Å². The molecular weight excluding hydrogens is 164 g/mol. The van der Waals surface area contributed by atoms with Gasteiger partial charge in [-0.3, -0.25) is 4.98 Å². The molecule has 0 aliphatic carbocycles. The van der Waals surface area contributed by atoms with Gasteiger partial charge in [-0.25, -0.2) is 4.98 Å². The van der Waals surface area contributed by atoms with E-state index in [2.05, 4.69) is 16.9 Å². The highest BCUT2D eigenvalue weighted by atomic mass is 16.3. The minimum atomic E-state index is 0.572. The van der Waals surface area contributed by atoms with E-state index in [9.17, 15) is 0 Å². The van der Waals surface area contributed by atoms with E-state index >= 15 is 0 Å². The number of hydrogen-bond acceptors (Lipinski definition) is 3. The van der Waals surface area contributed by atoms with E-state index in [1.165, 1.54) is 5.56 Å². The van der Waals surface area contributed by atoms with Crippen molar-refractivity contribution in [3.8, 4) is 11.6 Å². The van der Waals surface area contributed by atoms with Crippen molar-refractivity contribution < 1.29 is 4.42 Å². The predicted octanol–water partition coefficient (Wildman–Crippen LogP) is 2.30. The molecule has 2 aromatic heterocycles. The molecule has 0 amide bonds. The summed E-state index contributed by atoms with van der Waals surface area (Å²) in [5.41, 5.74) is 2.00. The highest BCUT2D eigenvalue weighted by Crippen LogP contribution is 2.13. The molecular formula is C10H10N2O. The summed E-state index contributed by atoms with van der Waals surface area (Å²) in [7, 11) is 0. The number of aryl methyl sites for hydroxylation is 1. The van der Waals surface area contributed by atoms with Crippen LogP contribution in [0.5, 0.6) is 0 Å². The lowest BCUT2D eigenvalue weighted by Crippen LogP contribution is -1.85. The van der Waals surface area contributed by atoms with Crippen molar-refractivity contribution in [2.24, 2.45) is 0 Å². The van der Waals surface area contributed by atoms with Crippen molar-refractivity contribution in [2.45, 2.75) is 13.3 Å². The number of hydrogen-bond donors (Lipinski definition) is 0. The Balaban J connectivity index is 2.33. The average molecular weight is 174 g/mol. The van der Waals surface area contributed by atoms with E-state index in [0.717, 1.165) is 12.1 Å². The summed E-state index contributed by atoms with van der Waals surface area (Å²) in [4.78, 5) is 8.25.